The molecule has 0 saturated heterocycles. The first-order chi connectivity index (χ1) is 10.6. The van der Waals surface area contributed by atoms with Gasteiger partial charge in [-0.2, -0.15) is 0 Å². The predicted molar refractivity (Wildman–Crippen MR) is 89.6 cm³/mol. The average molecular weight is 300 g/mol. The molecule has 0 radical (unpaired) electrons. The van der Waals surface area contributed by atoms with Crippen molar-refractivity contribution in [1.82, 2.24) is 10.2 Å². The lowest BCUT2D eigenvalue weighted by Crippen LogP contribution is -2.37. The summed E-state index contributed by atoms with van der Waals surface area (Å²) in [6, 6.07) is 7.38. The maximum Gasteiger partial charge on any atom is 0.217 e. The molecule has 1 aromatic rings. The number of benzene rings is 1. The lowest BCUT2D eigenvalue weighted by atomic mass is 9.77. The van der Waals surface area contributed by atoms with Gasteiger partial charge < -0.3 is 5.32 Å². The van der Waals surface area contributed by atoms with Crippen molar-refractivity contribution in [3.63, 3.8) is 0 Å². The Balaban J connectivity index is 1.85. The number of likely N-dealkylation sites (N-methyl/N-ethyl adjacent to an activating group) is 1. The second-order valence-corrected chi connectivity index (χ2v) is 7.02. The molecule has 22 heavy (non-hydrogen) atoms. The third-order valence-corrected chi connectivity index (χ3v) is 5.38. The molecule has 1 aliphatic heterocycles. The van der Waals surface area contributed by atoms with Gasteiger partial charge in [-0.25, -0.2) is 0 Å². The van der Waals surface area contributed by atoms with E-state index >= 15 is 0 Å². The average Bonchev–Trinajstić information content (AvgIpc) is 2.53. The molecular formula is C19H28N2O. The molecule has 1 aromatic carbocycles. The Hall–Kier alpha value is -1.35. The van der Waals surface area contributed by atoms with Crippen LogP contribution in [-0.4, -0.2) is 24.4 Å². The number of nitrogens with one attached hydrogen (secondary N) is 1. The minimum atomic E-state index is 0.0404. The molecule has 1 atom stereocenters. The van der Waals surface area contributed by atoms with Crippen LogP contribution in [0.2, 0.25) is 0 Å². The molecule has 3 heteroatoms. The molecule has 0 spiro atoms. The zero-order valence-corrected chi connectivity index (χ0v) is 13.9. The molecule has 1 fully saturated rings. The first-order valence-electron chi connectivity index (χ1n) is 8.71. The molecule has 3 rings (SSSR count). The SMILES string of the molecule is CC(=O)NCc1ccc2c(c1)C(C1CCCCC1)N(C)CC2. The standard InChI is InChI=1S/C19H28N2O/c1-14(22)20-13-15-8-9-16-10-11-21(2)19(18(16)12-15)17-6-4-3-5-7-17/h8-9,12,17,19H,3-7,10-11,13H2,1-2H3,(H,20,22). The van der Waals surface area contributed by atoms with Crippen molar-refractivity contribution in [3.8, 4) is 0 Å². The number of carbonyl (C=O) groups is 1. The zero-order valence-electron chi connectivity index (χ0n) is 13.9. The number of rotatable bonds is 3. The van der Waals surface area contributed by atoms with Crippen LogP contribution in [-0.2, 0) is 17.8 Å². The van der Waals surface area contributed by atoms with Crippen LogP contribution < -0.4 is 5.32 Å². The number of amides is 1. The van der Waals surface area contributed by atoms with Gasteiger partial charge >= 0.3 is 0 Å². The minimum Gasteiger partial charge on any atom is -0.352 e. The second kappa shape index (κ2) is 6.82. The normalized spacial score (nSPS) is 23.1. The van der Waals surface area contributed by atoms with Crippen LogP contribution in [0, 0.1) is 5.92 Å². The maximum absolute atomic E-state index is 11.2. The molecule has 0 aromatic heterocycles. The van der Waals surface area contributed by atoms with Crippen LogP contribution in [0.25, 0.3) is 0 Å². The summed E-state index contributed by atoms with van der Waals surface area (Å²) in [7, 11) is 2.28. The maximum atomic E-state index is 11.2. The van der Waals surface area contributed by atoms with Crippen LogP contribution in [0.1, 0.15) is 61.8 Å². The highest BCUT2D eigenvalue weighted by atomic mass is 16.1. The highest BCUT2D eigenvalue weighted by molar-refractivity contribution is 5.72. The van der Waals surface area contributed by atoms with E-state index in [0.717, 1.165) is 12.3 Å². The van der Waals surface area contributed by atoms with Crippen molar-refractivity contribution in [2.45, 2.75) is 58.0 Å². The monoisotopic (exact) mass is 300 g/mol. The van der Waals surface area contributed by atoms with Crippen molar-refractivity contribution in [3.05, 3.63) is 34.9 Å². The van der Waals surface area contributed by atoms with Gasteiger partial charge in [0.1, 0.15) is 0 Å². The summed E-state index contributed by atoms with van der Waals surface area (Å²) in [5, 5.41) is 2.92. The van der Waals surface area contributed by atoms with Gasteiger partial charge in [-0.05, 0) is 48.9 Å². The number of carbonyl (C=O) groups excluding carboxylic acids is 1. The largest absolute Gasteiger partial charge is 0.352 e. The van der Waals surface area contributed by atoms with E-state index in [4.69, 9.17) is 0 Å². The molecule has 0 bridgehead atoms. The van der Waals surface area contributed by atoms with E-state index in [1.165, 1.54) is 55.3 Å². The van der Waals surface area contributed by atoms with Gasteiger partial charge in [0.25, 0.3) is 0 Å². The van der Waals surface area contributed by atoms with Gasteiger partial charge in [-0.3, -0.25) is 9.69 Å². The van der Waals surface area contributed by atoms with E-state index in [2.05, 4.69) is 35.5 Å². The topological polar surface area (TPSA) is 32.3 Å². The van der Waals surface area contributed by atoms with Crippen LogP contribution in [0.15, 0.2) is 18.2 Å². The zero-order chi connectivity index (χ0) is 15.5. The summed E-state index contributed by atoms with van der Waals surface area (Å²) in [5.74, 6) is 0.840. The summed E-state index contributed by atoms with van der Waals surface area (Å²) in [5.41, 5.74) is 4.26. The van der Waals surface area contributed by atoms with Gasteiger partial charge in [0.05, 0.1) is 0 Å². The molecule has 1 N–H and O–H groups in total. The lowest BCUT2D eigenvalue weighted by molar-refractivity contribution is -0.119. The molecule has 1 unspecified atom stereocenters. The highest BCUT2D eigenvalue weighted by Gasteiger charge is 2.32. The van der Waals surface area contributed by atoms with Crippen molar-refractivity contribution in [2.75, 3.05) is 13.6 Å². The third kappa shape index (κ3) is 3.35. The summed E-state index contributed by atoms with van der Waals surface area (Å²) in [4.78, 5) is 13.7. The van der Waals surface area contributed by atoms with Gasteiger partial charge in [0, 0.05) is 26.1 Å². The highest BCUT2D eigenvalue weighted by Crippen LogP contribution is 2.41. The van der Waals surface area contributed by atoms with Gasteiger partial charge in [-0.15, -0.1) is 0 Å². The van der Waals surface area contributed by atoms with Crippen LogP contribution in [0.4, 0.5) is 0 Å². The molecule has 1 saturated carbocycles. The first-order valence-corrected chi connectivity index (χ1v) is 8.71. The smallest absolute Gasteiger partial charge is 0.217 e. The molecular weight excluding hydrogens is 272 g/mol. The molecule has 1 aliphatic carbocycles. The summed E-state index contributed by atoms with van der Waals surface area (Å²) in [6.07, 6.45) is 8.05. The molecule has 1 heterocycles. The lowest BCUT2D eigenvalue weighted by Gasteiger charge is -2.41. The Kier molecular flexibility index (Phi) is 4.82. The van der Waals surface area contributed by atoms with Crippen LogP contribution in [0.5, 0.6) is 0 Å². The van der Waals surface area contributed by atoms with Crippen molar-refractivity contribution in [1.29, 1.82) is 0 Å². The second-order valence-electron chi connectivity index (χ2n) is 7.02. The predicted octanol–water partition coefficient (Wildman–Crippen LogP) is 3.43. The number of fused-ring (bicyclic) bond motifs is 1. The minimum absolute atomic E-state index is 0.0404. The Morgan fingerprint density at radius 1 is 1.27 bits per heavy atom. The summed E-state index contributed by atoms with van der Waals surface area (Å²) in [6.45, 7) is 3.39. The quantitative estimate of drug-likeness (QED) is 0.927. The van der Waals surface area contributed by atoms with E-state index in [1.54, 1.807) is 6.92 Å². The third-order valence-electron chi connectivity index (χ3n) is 5.38. The van der Waals surface area contributed by atoms with E-state index in [-0.39, 0.29) is 5.91 Å². The number of hydrogen-bond donors (Lipinski definition) is 1. The van der Waals surface area contributed by atoms with Crippen molar-refractivity contribution < 1.29 is 4.79 Å². The van der Waals surface area contributed by atoms with Crippen LogP contribution >= 0.6 is 0 Å². The summed E-state index contributed by atoms with van der Waals surface area (Å²) < 4.78 is 0. The van der Waals surface area contributed by atoms with E-state index in [9.17, 15) is 4.79 Å². The molecule has 3 nitrogen and oxygen atoms in total. The van der Waals surface area contributed by atoms with Gasteiger partial charge in [0.2, 0.25) is 5.91 Å². The first kappa shape index (κ1) is 15.5. The fraction of sp³-hybridized carbons (Fsp3) is 0.632. The van der Waals surface area contributed by atoms with E-state index in [1.807, 2.05) is 0 Å². The van der Waals surface area contributed by atoms with E-state index in [0.29, 0.717) is 12.6 Å². The molecule has 120 valence electrons. The van der Waals surface area contributed by atoms with Crippen LogP contribution in [0.3, 0.4) is 0 Å². The van der Waals surface area contributed by atoms with Gasteiger partial charge in [-0.1, -0.05) is 37.5 Å². The Bertz CT molecular complexity index is 534. The van der Waals surface area contributed by atoms with E-state index < -0.39 is 0 Å². The number of hydrogen-bond acceptors (Lipinski definition) is 2. The van der Waals surface area contributed by atoms with Crippen molar-refractivity contribution in [2.24, 2.45) is 5.92 Å². The Labute approximate surface area is 134 Å². The van der Waals surface area contributed by atoms with Crippen molar-refractivity contribution >= 4 is 5.91 Å². The fourth-order valence-electron chi connectivity index (χ4n) is 4.22. The summed E-state index contributed by atoms with van der Waals surface area (Å²) >= 11 is 0. The Morgan fingerprint density at radius 3 is 2.77 bits per heavy atom. The molecule has 1 amide bonds. The fourth-order valence-corrected chi connectivity index (χ4v) is 4.22. The number of nitrogens with zero attached hydrogens (tertiary/aromatic N) is 1. The van der Waals surface area contributed by atoms with Gasteiger partial charge in [0.15, 0.2) is 0 Å². The molecule has 2 aliphatic rings. The Morgan fingerprint density at radius 2 is 2.05 bits per heavy atom.